The Balaban J connectivity index is 2.52. The van der Waals surface area contributed by atoms with Crippen molar-refractivity contribution in [1.82, 2.24) is 10.6 Å². The van der Waals surface area contributed by atoms with Crippen LogP contribution in [0.15, 0.2) is 42.1 Å². The first-order valence-corrected chi connectivity index (χ1v) is 7.30. The maximum atomic E-state index is 12.4. The van der Waals surface area contributed by atoms with E-state index in [2.05, 4.69) is 17.2 Å². The monoisotopic (exact) mass is 332 g/mol. The van der Waals surface area contributed by atoms with Gasteiger partial charge in [-0.05, 0) is 25.1 Å². The fraction of sp³-hybridized carbons (Fsp3) is 0.294. The second kappa shape index (κ2) is 7.54. The second-order valence-electron chi connectivity index (χ2n) is 5.07. The van der Waals surface area contributed by atoms with Gasteiger partial charge in [0, 0.05) is 11.3 Å². The molecule has 0 bridgehead atoms. The van der Waals surface area contributed by atoms with Crippen LogP contribution < -0.4 is 20.1 Å². The fourth-order valence-corrected chi connectivity index (χ4v) is 2.48. The largest absolute Gasteiger partial charge is 0.497 e. The molecule has 1 heterocycles. The molecule has 128 valence electrons. The average molecular weight is 332 g/mol. The molecule has 0 saturated heterocycles. The summed E-state index contributed by atoms with van der Waals surface area (Å²) < 4.78 is 15.7. The molecule has 2 amide bonds. The summed E-state index contributed by atoms with van der Waals surface area (Å²) in [5.41, 5.74) is 1.31. The summed E-state index contributed by atoms with van der Waals surface area (Å²) in [5, 5.41) is 5.31. The summed E-state index contributed by atoms with van der Waals surface area (Å²) in [7, 11) is 3.05. The van der Waals surface area contributed by atoms with Crippen molar-refractivity contribution in [3.8, 4) is 11.5 Å². The number of urea groups is 1. The van der Waals surface area contributed by atoms with Crippen LogP contribution in [-0.2, 0) is 9.53 Å². The minimum Gasteiger partial charge on any atom is -0.497 e. The molecule has 2 rings (SSSR count). The molecule has 1 aliphatic rings. The summed E-state index contributed by atoms with van der Waals surface area (Å²) in [6.07, 6.45) is 1.48. The summed E-state index contributed by atoms with van der Waals surface area (Å²) in [4.78, 5) is 24.3. The van der Waals surface area contributed by atoms with Crippen molar-refractivity contribution in [2.24, 2.45) is 0 Å². The minimum atomic E-state index is -0.721. The van der Waals surface area contributed by atoms with Crippen LogP contribution in [0.3, 0.4) is 0 Å². The third-order valence-electron chi connectivity index (χ3n) is 3.57. The number of rotatable bonds is 6. The molecule has 1 aliphatic heterocycles. The van der Waals surface area contributed by atoms with Crippen LogP contribution in [0, 0.1) is 0 Å². The molecule has 2 N–H and O–H groups in total. The third kappa shape index (κ3) is 3.51. The molecule has 0 fully saturated rings. The number of carbonyl (C=O) groups excluding carboxylic acids is 2. The standard InChI is InChI=1S/C17H20N2O5/c1-5-8-24-16(20)14-10(2)18-17(21)19-15(14)12-9-11(22-3)6-7-13(12)23-4/h5-7,9,15H,1,8H2,2-4H3,(H2,18,19,21). The summed E-state index contributed by atoms with van der Waals surface area (Å²) in [5.74, 6) is 0.551. The van der Waals surface area contributed by atoms with E-state index in [0.717, 1.165) is 0 Å². The molecule has 0 spiro atoms. The summed E-state index contributed by atoms with van der Waals surface area (Å²) in [6.45, 7) is 5.24. The Morgan fingerprint density at radius 2 is 2.08 bits per heavy atom. The second-order valence-corrected chi connectivity index (χ2v) is 5.07. The maximum Gasteiger partial charge on any atom is 0.338 e. The number of methoxy groups -OCH3 is 2. The van der Waals surface area contributed by atoms with Gasteiger partial charge in [0.05, 0.1) is 25.8 Å². The van der Waals surface area contributed by atoms with Gasteiger partial charge in [-0.1, -0.05) is 12.7 Å². The van der Waals surface area contributed by atoms with Crippen LogP contribution in [0.25, 0.3) is 0 Å². The molecule has 7 heteroatoms. The van der Waals surface area contributed by atoms with Gasteiger partial charge >= 0.3 is 12.0 Å². The van der Waals surface area contributed by atoms with Crippen LogP contribution in [0.2, 0.25) is 0 Å². The van der Waals surface area contributed by atoms with Gasteiger partial charge in [-0.3, -0.25) is 0 Å². The molecule has 24 heavy (non-hydrogen) atoms. The number of esters is 1. The lowest BCUT2D eigenvalue weighted by Crippen LogP contribution is -2.45. The lowest BCUT2D eigenvalue weighted by atomic mass is 9.94. The van der Waals surface area contributed by atoms with Crippen molar-refractivity contribution in [2.45, 2.75) is 13.0 Å². The zero-order valence-electron chi connectivity index (χ0n) is 13.8. The molecular weight excluding hydrogens is 312 g/mol. The van der Waals surface area contributed by atoms with Crippen LogP contribution in [0.5, 0.6) is 11.5 Å². The van der Waals surface area contributed by atoms with E-state index in [1.54, 1.807) is 25.1 Å². The quantitative estimate of drug-likeness (QED) is 0.615. The van der Waals surface area contributed by atoms with E-state index in [9.17, 15) is 9.59 Å². The zero-order chi connectivity index (χ0) is 17.7. The number of hydrogen-bond acceptors (Lipinski definition) is 5. The number of nitrogens with one attached hydrogen (secondary N) is 2. The van der Waals surface area contributed by atoms with Gasteiger partial charge in [0.2, 0.25) is 0 Å². The van der Waals surface area contributed by atoms with Gasteiger partial charge in [-0.25, -0.2) is 9.59 Å². The molecule has 0 saturated carbocycles. The molecule has 0 radical (unpaired) electrons. The van der Waals surface area contributed by atoms with Crippen LogP contribution in [0.1, 0.15) is 18.5 Å². The number of amides is 2. The van der Waals surface area contributed by atoms with E-state index in [-0.39, 0.29) is 6.61 Å². The van der Waals surface area contributed by atoms with Crippen molar-refractivity contribution >= 4 is 12.0 Å². The smallest absolute Gasteiger partial charge is 0.338 e. The van der Waals surface area contributed by atoms with Crippen LogP contribution in [-0.4, -0.2) is 32.8 Å². The van der Waals surface area contributed by atoms with Gasteiger partial charge in [-0.15, -0.1) is 0 Å². The SMILES string of the molecule is C=CCOC(=O)C1=C(C)NC(=O)NC1c1cc(OC)ccc1OC. The molecule has 1 aromatic rings. The minimum absolute atomic E-state index is 0.0749. The topological polar surface area (TPSA) is 85.9 Å². The fourth-order valence-electron chi connectivity index (χ4n) is 2.48. The lowest BCUT2D eigenvalue weighted by molar-refractivity contribution is -0.138. The molecule has 1 aromatic carbocycles. The van der Waals surface area contributed by atoms with Crippen molar-refractivity contribution < 1.29 is 23.8 Å². The number of ether oxygens (including phenoxy) is 3. The maximum absolute atomic E-state index is 12.4. The molecule has 1 unspecified atom stereocenters. The van der Waals surface area contributed by atoms with Crippen molar-refractivity contribution in [3.05, 3.63) is 47.7 Å². The lowest BCUT2D eigenvalue weighted by Gasteiger charge is -2.29. The highest BCUT2D eigenvalue weighted by atomic mass is 16.5. The highest BCUT2D eigenvalue weighted by molar-refractivity contribution is 5.95. The Morgan fingerprint density at radius 1 is 1.33 bits per heavy atom. The van der Waals surface area contributed by atoms with E-state index in [1.165, 1.54) is 20.3 Å². The van der Waals surface area contributed by atoms with Gasteiger partial charge in [0.25, 0.3) is 0 Å². The molecule has 0 aromatic heterocycles. The number of hydrogen-bond donors (Lipinski definition) is 2. The molecular formula is C17H20N2O5. The van der Waals surface area contributed by atoms with Gasteiger partial charge < -0.3 is 24.8 Å². The summed E-state index contributed by atoms with van der Waals surface area (Å²) >= 11 is 0. The van der Waals surface area contributed by atoms with E-state index in [4.69, 9.17) is 14.2 Å². The third-order valence-corrected chi connectivity index (χ3v) is 3.57. The van der Waals surface area contributed by atoms with Crippen molar-refractivity contribution in [1.29, 1.82) is 0 Å². The van der Waals surface area contributed by atoms with E-state index < -0.39 is 18.0 Å². The normalized spacial score (nSPS) is 16.8. The Morgan fingerprint density at radius 3 is 2.71 bits per heavy atom. The van der Waals surface area contributed by atoms with Gasteiger partial charge in [0.15, 0.2) is 0 Å². The van der Waals surface area contributed by atoms with Crippen LogP contribution in [0.4, 0.5) is 4.79 Å². The van der Waals surface area contributed by atoms with Gasteiger partial charge in [0.1, 0.15) is 18.1 Å². The van der Waals surface area contributed by atoms with Crippen molar-refractivity contribution in [3.63, 3.8) is 0 Å². The highest BCUT2D eigenvalue weighted by Gasteiger charge is 2.34. The number of carbonyl (C=O) groups is 2. The molecule has 0 aliphatic carbocycles. The Kier molecular flexibility index (Phi) is 5.47. The number of allylic oxidation sites excluding steroid dienone is 1. The highest BCUT2D eigenvalue weighted by Crippen LogP contribution is 2.35. The Labute approximate surface area is 140 Å². The van der Waals surface area contributed by atoms with E-state index in [1.807, 2.05) is 0 Å². The molecule has 7 nitrogen and oxygen atoms in total. The molecule has 1 atom stereocenters. The Hall–Kier alpha value is -2.96. The first-order valence-electron chi connectivity index (χ1n) is 7.30. The average Bonchev–Trinajstić information content (AvgIpc) is 2.58. The number of benzene rings is 1. The first kappa shape index (κ1) is 17.4. The summed E-state index contributed by atoms with van der Waals surface area (Å²) in [6, 6.07) is 4.02. The van der Waals surface area contributed by atoms with E-state index in [0.29, 0.717) is 28.3 Å². The van der Waals surface area contributed by atoms with Crippen molar-refractivity contribution in [2.75, 3.05) is 20.8 Å². The van der Waals surface area contributed by atoms with Gasteiger partial charge in [-0.2, -0.15) is 0 Å². The first-order chi connectivity index (χ1) is 11.5. The zero-order valence-corrected chi connectivity index (χ0v) is 13.8. The predicted octanol–water partition coefficient (Wildman–Crippen LogP) is 2.06. The predicted molar refractivity (Wildman–Crippen MR) is 87.8 cm³/mol. The van der Waals surface area contributed by atoms with Crippen LogP contribution >= 0.6 is 0 Å². The Bertz CT molecular complexity index is 696. The van der Waals surface area contributed by atoms with E-state index >= 15 is 0 Å².